The highest BCUT2D eigenvalue weighted by atomic mass is 15.4. The van der Waals surface area contributed by atoms with Gasteiger partial charge in [0.25, 0.3) is 0 Å². The van der Waals surface area contributed by atoms with Crippen molar-refractivity contribution in [1.82, 2.24) is 15.0 Å². The molecule has 0 fully saturated rings. The molecule has 1 aromatic carbocycles. The quantitative estimate of drug-likeness (QED) is 0.925. The minimum Gasteiger partial charge on any atom is -0.354 e. The van der Waals surface area contributed by atoms with Gasteiger partial charge in [0.05, 0.1) is 0 Å². The minimum atomic E-state index is 0.627. The fourth-order valence-corrected chi connectivity index (χ4v) is 2.41. The third-order valence-electron chi connectivity index (χ3n) is 3.47. The first kappa shape index (κ1) is 13.6. The Kier molecular flexibility index (Phi) is 3.60. The summed E-state index contributed by atoms with van der Waals surface area (Å²) in [5.74, 6) is 2.02. The second-order valence-corrected chi connectivity index (χ2v) is 5.31. The van der Waals surface area contributed by atoms with Crippen molar-refractivity contribution >= 4 is 17.8 Å². The molecule has 6 heteroatoms. The normalized spacial score (nSPS) is 13.2. The van der Waals surface area contributed by atoms with Crippen LogP contribution in [0.15, 0.2) is 24.3 Å². The van der Waals surface area contributed by atoms with E-state index >= 15 is 0 Å². The summed E-state index contributed by atoms with van der Waals surface area (Å²) in [5.41, 5.74) is 2.68. The van der Waals surface area contributed by atoms with E-state index in [0.717, 1.165) is 25.6 Å². The monoisotopic (exact) mass is 284 g/mol. The van der Waals surface area contributed by atoms with Crippen molar-refractivity contribution in [2.75, 3.05) is 35.8 Å². The van der Waals surface area contributed by atoms with Gasteiger partial charge < -0.3 is 15.1 Å². The third kappa shape index (κ3) is 2.74. The van der Waals surface area contributed by atoms with E-state index in [-0.39, 0.29) is 0 Å². The maximum atomic E-state index is 4.57. The second kappa shape index (κ2) is 5.55. The van der Waals surface area contributed by atoms with Crippen LogP contribution in [-0.2, 0) is 13.1 Å². The van der Waals surface area contributed by atoms with Crippen LogP contribution in [0.5, 0.6) is 0 Å². The molecule has 1 aromatic heterocycles. The molecule has 1 N–H and O–H groups in total. The van der Waals surface area contributed by atoms with Crippen LogP contribution in [-0.4, -0.2) is 35.6 Å². The fraction of sp³-hybridized carbons (Fsp3) is 0.400. The molecule has 21 heavy (non-hydrogen) atoms. The van der Waals surface area contributed by atoms with E-state index in [0.29, 0.717) is 11.9 Å². The Labute approximate surface area is 124 Å². The van der Waals surface area contributed by atoms with Gasteiger partial charge in [-0.05, 0) is 18.1 Å². The molecule has 0 bridgehead atoms. The summed E-state index contributed by atoms with van der Waals surface area (Å²) in [6.45, 7) is 4.51. The van der Waals surface area contributed by atoms with E-state index in [1.54, 1.807) is 0 Å². The van der Waals surface area contributed by atoms with Gasteiger partial charge in [-0.25, -0.2) is 0 Å². The van der Waals surface area contributed by atoms with Gasteiger partial charge in [0.1, 0.15) is 0 Å². The zero-order chi connectivity index (χ0) is 14.8. The maximum absolute atomic E-state index is 4.57. The smallest absolute Gasteiger partial charge is 0.232 e. The van der Waals surface area contributed by atoms with Crippen molar-refractivity contribution < 1.29 is 0 Å². The fourth-order valence-electron chi connectivity index (χ4n) is 2.41. The molecule has 110 valence electrons. The predicted molar refractivity (Wildman–Crippen MR) is 84.6 cm³/mol. The van der Waals surface area contributed by atoms with E-state index in [2.05, 4.69) is 49.4 Å². The van der Waals surface area contributed by atoms with Crippen LogP contribution in [0.25, 0.3) is 0 Å². The summed E-state index contributed by atoms with van der Waals surface area (Å²) < 4.78 is 0. The topological polar surface area (TPSA) is 57.2 Å². The zero-order valence-electron chi connectivity index (χ0n) is 12.7. The van der Waals surface area contributed by atoms with Crippen molar-refractivity contribution in [2.45, 2.75) is 20.0 Å². The van der Waals surface area contributed by atoms with Gasteiger partial charge in [-0.15, -0.1) is 0 Å². The number of nitrogens with zero attached hydrogens (tertiary/aromatic N) is 5. The molecule has 1 aliphatic heterocycles. The maximum Gasteiger partial charge on any atom is 0.232 e. The number of fused-ring (bicyclic) bond motifs is 1. The molecule has 0 saturated carbocycles. The number of benzene rings is 1. The molecule has 0 amide bonds. The first-order valence-electron chi connectivity index (χ1n) is 7.16. The van der Waals surface area contributed by atoms with Crippen molar-refractivity contribution in [3.63, 3.8) is 0 Å². The SMILES string of the molecule is CCNc1nc(N(C)C)nc(N2Cc3ccccc3C2)n1. The van der Waals surface area contributed by atoms with Crippen LogP contribution in [0.1, 0.15) is 18.1 Å². The molecule has 6 nitrogen and oxygen atoms in total. The average Bonchev–Trinajstić information content (AvgIpc) is 2.91. The first-order valence-corrected chi connectivity index (χ1v) is 7.16. The van der Waals surface area contributed by atoms with Crippen LogP contribution in [0.2, 0.25) is 0 Å². The molecule has 0 saturated heterocycles. The summed E-state index contributed by atoms with van der Waals surface area (Å²) in [4.78, 5) is 17.6. The summed E-state index contributed by atoms with van der Waals surface area (Å²) in [6, 6.07) is 8.47. The summed E-state index contributed by atoms with van der Waals surface area (Å²) in [5, 5.41) is 3.17. The van der Waals surface area contributed by atoms with Gasteiger partial charge in [0.2, 0.25) is 17.8 Å². The van der Waals surface area contributed by atoms with Crippen LogP contribution < -0.4 is 15.1 Å². The number of anilines is 3. The lowest BCUT2D eigenvalue weighted by Crippen LogP contribution is -2.22. The van der Waals surface area contributed by atoms with E-state index in [1.165, 1.54) is 11.1 Å². The molecule has 0 unspecified atom stereocenters. The second-order valence-electron chi connectivity index (χ2n) is 5.31. The molecular formula is C15H20N6. The van der Waals surface area contributed by atoms with Crippen molar-refractivity contribution in [2.24, 2.45) is 0 Å². The molecule has 1 aliphatic rings. The summed E-state index contributed by atoms with van der Waals surface area (Å²) in [6.07, 6.45) is 0. The molecule has 0 atom stereocenters. The lowest BCUT2D eigenvalue weighted by molar-refractivity contribution is 0.810. The first-order chi connectivity index (χ1) is 10.2. The number of nitrogens with one attached hydrogen (secondary N) is 1. The highest BCUT2D eigenvalue weighted by Crippen LogP contribution is 2.26. The standard InChI is InChI=1S/C15H20N6/c1-4-16-13-17-14(20(2)3)19-15(18-13)21-9-11-7-5-6-8-12(11)10-21/h5-8H,4,9-10H2,1-3H3,(H,16,17,18,19). The summed E-state index contributed by atoms with van der Waals surface area (Å²) in [7, 11) is 3.88. The van der Waals surface area contributed by atoms with E-state index in [1.807, 2.05) is 25.9 Å². The van der Waals surface area contributed by atoms with Crippen molar-refractivity contribution in [3.05, 3.63) is 35.4 Å². The number of hydrogen-bond acceptors (Lipinski definition) is 6. The Morgan fingerprint density at radius 3 is 2.33 bits per heavy atom. The molecule has 2 aromatic rings. The Hall–Kier alpha value is -2.37. The van der Waals surface area contributed by atoms with Crippen molar-refractivity contribution in [1.29, 1.82) is 0 Å². The average molecular weight is 284 g/mol. The van der Waals surface area contributed by atoms with Crippen molar-refractivity contribution in [3.8, 4) is 0 Å². The van der Waals surface area contributed by atoms with Gasteiger partial charge in [0, 0.05) is 33.7 Å². The Morgan fingerprint density at radius 1 is 1.10 bits per heavy atom. The molecule has 2 heterocycles. The van der Waals surface area contributed by atoms with E-state index in [9.17, 15) is 0 Å². The largest absolute Gasteiger partial charge is 0.354 e. The molecule has 0 aliphatic carbocycles. The summed E-state index contributed by atoms with van der Waals surface area (Å²) >= 11 is 0. The Bertz CT molecular complexity index is 615. The van der Waals surface area contributed by atoms with Gasteiger partial charge in [-0.2, -0.15) is 15.0 Å². The predicted octanol–water partition coefficient (Wildman–Crippen LogP) is 1.89. The Morgan fingerprint density at radius 2 is 1.76 bits per heavy atom. The van der Waals surface area contributed by atoms with Crippen LogP contribution >= 0.6 is 0 Å². The lowest BCUT2D eigenvalue weighted by atomic mass is 10.1. The molecular weight excluding hydrogens is 264 g/mol. The van der Waals surface area contributed by atoms with Gasteiger partial charge >= 0.3 is 0 Å². The molecule has 0 radical (unpaired) electrons. The number of hydrogen-bond donors (Lipinski definition) is 1. The van der Waals surface area contributed by atoms with E-state index < -0.39 is 0 Å². The van der Waals surface area contributed by atoms with Gasteiger partial charge in [-0.1, -0.05) is 24.3 Å². The Balaban J connectivity index is 1.92. The number of rotatable bonds is 4. The van der Waals surface area contributed by atoms with E-state index in [4.69, 9.17) is 0 Å². The van der Waals surface area contributed by atoms with Gasteiger partial charge in [0.15, 0.2) is 0 Å². The number of aromatic nitrogens is 3. The van der Waals surface area contributed by atoms with Crippen LogP contribution in [0, 0.1) is 0 Å². The zero-order valence-corrected chi connectivity index (χ0v) is 12.7. The molecule has 3 rings (SSSR count). The third-order valence-corrected chi connectivity index (χ3v) is 3.47. The van der Waals surface area contributed by atoms with Crippen LogP contribution in [0.4, 0.5) is 17.8 Å². The highest BCUT2D eigenvalue weighted by molar-refractivity contribution is 5.48. The molecule has 0 spiro atoms. The van der Waals surface area contributed by atoms with Crippen LogP contribution in [0.3, 0.4) is 0 Å². The minimum absolute atomic E-state index is 0.627. The van der Waals surface area contributed by atoms with Gasteiger partial charge in [-0.3, -0.25) is 0 Å². The lowest BCUT2D eigenvalue weighted by Gasteiger charge is -2.19. The highest BCUT2D eigenvalue weighted by Gasteiger charge is 2.22.